The van der Waals surface area contributed by atoms with Gasteiger partial charge in [0.05, 0.1) is 18.3 Å². The predicted octanol–water partition coefficient (Wildman–Crippen LogP) is 2.44. The predicted molar refractivity (Wildman–Crippen MR) is 192 cm³/mol. The van der Waals surface area contributed by atoms with Gasteiger partial charge in [-0.25, -0.2) is 28.6 Å². The van der Waals surface area contributed by atoms with Crippen molar-refractivity contribution in [2.24, 2.45) is 12.2 Å². The Hall–Kier alpha value is -4.53. The third-order valence-electron chi connectivity index (χ3n) is 6.40. The molecule has 2 aromatic heterocycles. The van der Waals surface area contributed by atoms with Crippen molar-refractivity contribution >= 4 is 46.3 Å². The van der Waals surface area contributed by atoms with Crippen LogP contribution in [-0.4, -0.2) is 80.7 Å². The highest BCUT2D eigenvalue weighted by Gasteiger charge is 2.30. The molecular weight excluding hydrogens is 842 g/mol. The number of hydrogen-bond acceptors (Lipinski definition) is 12. The van der Waals surface area contributed by atoms with Crippen LogP contribution in [-0.2, 0) is 42.2 Å². The molecule has 3 aromatic rings. The fourth-order valence-corrected chi connectivity index (χ4v) is 4.99. The Bertz CT molecular complexity index is 1810. The summed E-state index contributed by atoms with van der Waals surface area (Å²) >= 11 is 0.920. The van der Waals surface area contributed by atoms with Crippen molar-refractivity contribution in [1.29, 1.82) is 0 Å². The van der Waals surface area contributed by atoms with E-state index < -0.39 is 65.2 Å². The molecule has 3 rings (SSSR count). The van der Waals surface area contributed by atoms with Crippen LogP contribution in [0.5, 0.6) is 5.75 Å². The maximum absolute atomic E-state index is 15.4. The number of carbonyl (C=O) groups is 4. The SMILES string of the molecule is C[n+]1cc(-c2ccc(OCC(O/N=C(/C(=O)O)c3csc(NC(=O)OC(C)(C)C)n3)C(=O)OC(C)(C)C)cc2F)cn1CCCNC(=O)OC(C)(C)C.[I-]. The number of aromatic nitrogens is 3. The number of nitrogens with zero attached hydrogens (tertiary/aromatic N) is 4. The molecule has 0 bridgehead atoms. The van der Waals surface area contributed by atoms with E-state index in [9.17, 15) is 24.3 Å². The van der Waals surface area contributed by atoms with E-state index in [0.717, 1.165) is 17.4 Å². The average Bonchev–Trinajstić information content (AvgIpc) is 3.59. The van der Waals surface area contributed by atoms with E-state index >= 15 is 4.39 Å². The number of carboxylic acid groups (broad SMARTS) is 1. The van der Waals surface area contributed by atoms with E-state index in [0.29, 0.717) is 25.1 Å². The number of aliphatic carboxylic acids is 1. The van der Waals surface area contributed by atoms with E-state index in [-0.39, 0.29) is 46.1 Å². The molecule has 0 saturated heterocycles. The number of thiazole rings is 1. The summed E-state index contributed by atoms with van der Waals surface area (Å²) in [6.07, 6.45) is 1.28. The molecule has 2 heterocycles. The Balaban J connectivity index is 0.0000101. The zero-order chi connectivity index (χ0) is 39.7. The number of aryl methyl sites for hydroxylation is 2. The maximum atomic E-state index is 15.4. The number of alkyl carbamates (subject to hydrolysis) is 1. The summed E-state index contributed by atoms with van der Waals surface area (Å²) in [5.74, 6) is -2.99. The second-order valence-corrected chi connectivity index (χ2v) is 15.6. The smallest absolute Gasteiger partial charge is 0.413 e. The summed E-state index contributed by atoms with van der Waals surface area (Å²) in [4.78, 5) is 58.5. The van der Waals surface area contributed by atoms with Gasteiger partial charge in [0, 0.05) is 23.6 Å². The van der Waals surface area contributed by atoms with Crippen LogP contribution < -0.4 is 44.0 Å². The van der Waals surface area contributed by atoms with Gasteiger partial charge >= 0.3 is 24.1 Å². The van der Waals surface area contributed by atoms with Crippen LogP contribution in [0.1, 0.15) is 74.4 Å². The molecule has 2 amide bonds. The Morgan fingerprint density at radius 3 is 2.22 bits per heavy atom. The van der Waals surface area contributed by atoms with Crippen LogP contribution in [0, 0.1) is 5.82 Å². The van der Waals surface area contributed by atoms with Crippen LogP contribution in [0.3, 0.4) is 0 Å². The summed E-state index contributed by atoms with van der Waals surface area (Å²) in [6.45, 7) is 15.7. The summed E-state index contributed by atoms with van der Waals surface area (Å²) in [7, 11) is 1.81. The molecule has 1 atom stereocenters. The van der Waals surface area contributed by atoms with Gasteiger partial charge in [-0.15, -0.1) is 16.0 Å². The number of benzene rings is 1. The molecule has 0 aliphatic rings. The van der Waals surface area contributed by atoms with E-state index in [4.69, 9.17) is 23.8 Å². The van der Waals surface area contributed by atoms with Gasteiger partial charge < -0.3 is 58.2 Å². The first kappa shape index (κ1) is 45.6. The molecule has 0 fully saturated rings. The van der Waals surface area contributed by atoms with Gasteiger partial charge in [0.2, 0.25) is 11.9 Å². The molecule has 0 spiro atoms. The number of anilines is 1. The number of esters is 1. The molecular formula is C35H48FIN6O10S. The Labute approximate surface area is 334 Å². The third kappa shape index (κ3) is 15.4. The first-order valence-electron chi connectivity index (χ1n) is 16.6. The standard InChI is InChI=1S/C35H47FN6O10S.HI/c1-33(2,3)49-29(45)26(52-40-27(28(43)44)25-20-53-30(38-25)39-32(47)51-35(7,8)9)19-48-22-12-13-23(24(36)16-22)21-17-41(10)42(18-21)15-11-14-37-31(46)50-34(4,5)6;/h12-13,16-18,20,26H,11,14-15,19H2,1-10H3,(H2-,37,38,39,43,44,46,47);1H/b40-27+;. The number of ether oxygens (including phenoxy) is 4. The topological polar surface area (TPSA) is 193 Å². The minimum absolute atomic E-state index is 0. The molecule has 19 heteroatoms. The Morgan fingerprint density at radius 1 is 1.00 bits per heavy atom. The lowest BCUT2D eigenvalue weighted by atomic mass is 10.1. The lowest BCUT2D eigenvalue weighted by Crippen LogP contribution is -3.00. The average molecular weight is 891 g/mol. The highest BCUT2D eigenvalue weighted by molar-refractivity contribution is 7.14. The normalized spacial score (nSPS) is 12.5. The van der Waals surface area contributed by atoms with Crippen molar-refractivity contribution in [1.82, 2.24) is 15.0 Å². The summed E-state index contributed by atoms with van der Waals surface area (Å²) < 4.78 is 40.6. The van der Waals surface area contributed by atoms with Crippen molar-refractivity contribution < 1.29 is 81.1 Å². The largest absolute Gasteiger partial charge is 1.00 e. The van der Waals surface area contributed by atoms with Gasteiger partial charge in [0.25, 0.3) is 6.10 Å². The zero-order valence-electron chi connectivity index (χ0n) is 31.9. The molecule has 0 radical (unpaired) electrons. The minimum atomic E-state index is -1.57. The monoisotopic (exact) mass is 890 g/mol. The fourth-order valence-electron chi connectivity index (χ4n) is 4.31. The number of carboxylic acids is 1. The van der Waals surface area contributed by atoms with Gasteiger partial charge in [-0.1, -0.05) is 5.16 Å². The maximum Gasteiger partial charge on any atom is 0.413 e. The second-order valence-electron chi connectivity index (χ2n) is 14.7. The molecule has 1 unspecified atom stereocenters. The van der Waals surface area contributed by atoms with Crippen molar-refractivity contribution in [3.05, 3.63) is 47.5 Å². The number of nitrogens with one attached hydrogen (secondary N) is 2. The van der Waals surface area contributed by atoms with Gasteiger partial charge in [-0.3, -0.25) is 5.32 Å². The molecule has 0 saturated carbocycles. The van der Waals surface area contributed by atoms with Crippen molar-refractivity contribution in [3.63, 3.8) is 0 Å². The highest BCUT2D eigenvalue weighted by Crippen LogP contribution is 2.26. The summed E-state index contributed by atoms with van der Waals surface area (Å²) in [5.41, 5.74) is -2.24. The van der Waals surface area contributed by atoms with Gasteiger partial charge in [0.15, 0.2) is 12.2 Å². The lowest BCUT2D eigenvalue weighted by molar-refractivity contribution is -0.753. The summed E-state index contributed by atoms with van der Waals surface area (Å²) in [5, 5.41) is 20.0. The van der Waals surface area contributed by atoms with Crippen molar-refractivity contribution in [3.8, 4) is 16.9 Å². The van der Waals surface area contributed by atoms with Gasteiger partial charge in [0.1, 0.15) is 40.7 Å². The zero-order valence-corrected chi connectivity index (χ0v) is 34.9. The van der Waals surface area contributed by atoms with Crippen LogP contribution in [0.2, 0.25) is 0 Å². The number of rotatable bonds is 14. The van der Waals surface area contributed by atoms with E-state index in [1.54, 1.807) is 79.4 Å². The molecule has 3 N–H and O–H groups in total. The van der Waals surface area contributed by atoms with Crippen LogP contribution in [0.25, 0.3) is 11.1 Å². The number of amides is 2. The number of hydrogen-bond donors (Lipinski definition) is 3. The first-order valence-corrected chi connectivity index (χ1v) is 17.5. The number of oxime groups is 1. The van der Waals surface area contributed by atoms with E-state index in [2.05, 4.69) is 20.8 Å². The second kappa shape index (κ2) is 19.2. The quantitative estimate of drug-likeness (QED) is 0.0410. The molecule has 0 aliphatic carbocycles. The summed E-state index contributed by atoms with van der Waals surface area (Å²) in [6, 6.07) is 4.17. The third-order valence-corrected chi connectivity index (χ3v) is 7.16. The van der Waals surface area contributed by atoms with Crippen molar-refractivity contribution in [2.75, 3.05) is 18.5 Å². The van der Waals surface area contributed by atoms with Gasteiger partial charge in [-0.05, 0) is 80.9 Å². The lowest BCUT2D eigenvalue weighted by Gasteiger charge is -2.23. The minimum Gasteiger partial charge on any atom is -1.00 e. The molecule has 54 heavy (non-hydrogen) atoms. The first-order chi connectivity index (χ1) is 24.5. The Kier molecular flexibility index (Phi) is 16.2. The molecule has 298 valence electrons. The van der Waals surface area contributed by atoms with Crippen LogP contribution in [0.15, 0.2) is 41.1 Å². The molecule has 16 nitrogen and oxygen atoms in total. The van der Waals surface area contributed by atoms with E-state index in [1.807, 2.05) is 11.7 Å². The van der Waals surface area contributed by atoms with E-state index in [1.165, 1.54) is 17.5 Å². The number of carbonyl (C=O) groups excluding carboxylic acids is 3. The fraction of sp³-hybridized carbons (Fsp3) is 0.514. The number of halogens is 2. The Morgan fingerprint density at radius 2 is 1.63 bits per heavy atom. The highest BCUT2D eigenvalue weighted by atomic mass is 127. The van der Waals surface area contributed by atoms with Gasteiger partial charge in [-0.2, -0.15) is 4.68 Å². The van der Waals surface area contributed by atoms with Crippen molar-refractivity contribution in [2.45, 2.75) is 98.2 Å². The van der Waals surface area contributed by atoms with Crippen LogP contribution in [0.4, 0.5) is 19.1 Å². The molecule has 0 aliphatic heterocycles. The molecule has 1 aromatic carbocycles. The van der Waals surface area contributed by atoms with Crippen LogP contribution >= 0.6 is 11.3 Å².